The van der Waals surface area contributed by atoms with Crippen molar-refractivity contribution in [2.45, 2.75) is 13.8 Å². The van der Waals surface area contributed by atoms with Crippen LogP contribution in [0.5, 0.6) is 0 Å². The van der Waals surface area contributed by atoms with E-state index in [-0.39, 0.29) is 42.1 Å². The van der Waals surface area contributed by atoms with E-state index in [4.69, 9.17) is 4.74 Å². The molecule has 1 rings (SSSR count). The van der Waals surface area contributed by atoms with E-state index in [1.165, 1.54) is 11.9 Å². The Balaban J connectivity index is 3.02. The van der Waals surface area contributed by atoms with E-state index < -0.39 is 11.9 Å². The van der Waals surface area contributed by atoms with E-state index in [1.54, 1.807) is 27.9 Å². The second-order valence-corrected chi connectivity index (χ2v) is 6.53. The highest BCUT2D eigenvalue weighted by atomic mass is 32.1. The van der Waals surface area contributed by atoms with E-state index in [9.17, 15) is 19.2 Å². The largest absolute Gasteiger partial charge is 0.462 e. The van der Waals surface area contributed by atoms with Crippen molar-refractivity contribution in [3.05, 3.63) is 16.0 Å². The predicted octanol–water partition coefficient (Wildman–Crippen LogP) is 0.209. The Kier molecular flexibility index (Phi) is 8.20. The fraction of sp³-hybridized carbons (Fsp3) is 0.500. The first-order valence-corrected chi connectivity index (χ1v) is 8.77. The van der Waals surface area contributed by atoms with E-state index in [0.717, 1.165) is 11.3 Å². The van der Waals surface area contributed by atoms with Gasteiger partial charge in [-0.3, -0.25) is 19.7 Å². The first-order chi connectivity index (χ1) is 12.2. The van der Waals surface area contributed by atoms with Crippen LogP contribution in [0.3, 0.4) is 0 Å². The molecule has 0 aliphatic heterocycles. The van der Waals surface area contributed by atoms with Gasteiger partial charge in [0.1, 0.15) is 5.00 Å². The number of hydrogen-bond donors (Lipinski definition) is 3. The zero-order valence-electron chi connectivity index (χ0n) is 15.5. The summed E-state index contributed by atoms with van der Waals surface area (Å²) < 4.78 is 5.03. The van der Waals surface area contributed by atoms with Crippen LogP contribution in [-0.2, 0) is 14.3 Å². The maximum Gasteiger partial charge on any atom is 0.341 e. The van der Waals surface area contributed by atoms with Gasteiger partial charge < -0.3 is 20.3 Å². The third-order valence-electron chi connectivity index (χ3n) is 3.33. The number of likely N-dealkylation sites (N-methyl/N-ethyl adjacent to an activating group) is 1. The van der Waals surface area contributed by atoms with Gasteiger partial charge in [-0.05, 0) is 19.4 Å². The number of carbonyl (C=O) groups is 4. The molecule has 0 radical (unpaired) electrons. The van der Waals surface area contributed by atoms with Crippen molar-refractivity contribution >= 4 is 40.0 Å². The lowest BCUT2D eigenvalue weighted by Gasteiger charge is -2.09. The molecular formula is C16H24N4O5S. The number of rotatable bonds is 8. The van der Waals surface area contributed by atoms with Crippen LogP contribution in [0.4, 0.5) is 5.00 Å². The van der Waals surface area contributed by atoms with Gasteiger partial charge in [0.25, 0.3) is 5.91 Å². The number of esters is 1. The Hall–Kier alpha value is -2.46. The lowest BCUT2D eigenvalue weighted by molar-refractivity contribution is -0.120. The summed E-state index contributed by atoms with van der Waals surface area (Å²) in [5.74, 6) is -1.57. The fourth-order valence-electron chi connectivity index (χ4n) is 2.01. The van der Waals surface area contributed by atoms with Crippen molar-refractivity contribution in [1.29, 1.82) is 0 Å². The van der Waals surface area contributed by atoms with E-state index >= 15 is 0 Å². The summed E-state index contributed by atoms with van der Waals surface area (Å²) in [5, 5.41) is 7.97. The lowest BCUT2D eigenvalue weighted by atomic mass is 10.1. The minimum Gasteiger partial charge on any atom is -0.462 e. The van der Waals surface area contributed by atoms with Crippen molar-refractivity contribution in [2.75, 3.05) is 46.2 Å². The molecular weight excluding hydrogens is 360 g/mol. The lowest BCUT2D eigenvalue weighted by Crippen LogP contribution is -2.36. The second-order valence-electron chi connectivity index (χ2n) is 5.51. The second kappa shape index (κ2) is 9.88. The molecule has 1 aromatic rings. The minimum absolute atomic E-state index is 0.0114. The Morgan fingerprint density at radius 2 is 1.73 bits per heavy atom. The van der Waals surface area contributed by atoms with E-state index in [2.05, 4.69) is 16.0 Å². The van der Waals surface area contributed by atoms with Gasteiger partial charge in [0.2, 0.25) is 11.8 Å². The van der Waals surface area contributed by atoms with E-state index in [0.29, 0.717) is 10.4 Å². The summed E-state index contributed by atoms with van der Waals surface area (Å²) in [6.45, 7) is 3.35. The molecule has 3 amide bonds. The molecule has 144 valence electrons. The van der Waals surface area contributed by atoms with Gasteiger partial charge in [-0.2, -0.15) is 0 Å². The maximum absolute atomic E-state index is 12.3. The van der Waals surface area contributed by atoms with Crippen molar-refractivity contribution in [2.24, 2.45) is 0 Å². The summed E-state index contributed by atoms with van der Waals surface area (Å²) >= 11 is 1.02. The van der Waals surface area contributed by atoms with Gasteiger partial charge in [0, 0.05) is 21.1 Å². The van der Waals surface area contributed by atoms with Gasteiger partial charge in [-0.25, -0.2) is 4.79 Å². The molecule has 0 atom stereocenters. The van der Waals surface area contributed by atoms with Gasteiger partial charge in [0.05, 0.1) is 30.1 Å². The molecule has 0 aliphatic carbocycles. The molecule has 0 bridgehead atoms. The average molecular weight is 384 g/mol. The first kappa shape index (κ1) is 21.6. The quantitative estimate of drug-likeness (QED) is 0.552. The van der Waals surface area contributed by atoms with Crippen molar-refractivity contribution in [1.82, 2.24) is 15.5 Å². The number of ether oxygens (including phenoxy) is 1. The summed E-state index contributed by atoms with van der Waals surface area (Å²) in [4.78, 5) is 49.5. The van der Waals surface area contributed by atoms with Crippen LogP contribution in [-0.4, -0.2) is 69.4 Å². The monoisotopic (exact) mass is 384 g/mol. The molecule has 0 saturated heterocycles. The number of amides is 3. The summed E-state index contributed by atoms with van der Waals surface area (Å²) in [5.41, 5.74) is 0.627. The number of hydrogen-bond acceptors (Lipinski definition) is 7. The van der Waals surface area contributed by atoms with Crippen LogP contribution in [0.2, 0.25) is 0 Å². The average Bonchev–Trinajstić information content (AvgIpc) is 2.89. The van der Waals surface area contributed by atoms with Gasteiger partial charge in [0.15, 0.2) is 0 Å². The first-order valence-electron chi connectivity index (χ1n) is 7.96. The molecule has 9 nitrogen and oxygen atoms in total. The molecule has 0 unspecified atom stereocenters. The highest BCUT2D eigenvalue weighted by molar-refractivity contribution is 7.18. The zero-order valence-corrected chi connectivity index (χ0v) is 16.3. The van der Waals surface area contributed by atoms with Crippen LogP contribution in [0.25, 0.3) is 0 Å². The van der Waals surface area contributed by atoms with Crippen molar-refractivity contribution in [3.8, 4) is 0 Å². The van der Waals surface area contributed by atoms with E-state index in [1.807, 2.05) is 0 Å². The SMILES string of the molecule is CCOC(=O)c1c(NC(=O)CNCC(=O)NC)sc(C(=O)N(C)C)c1C. The number of anilines is 1. The van der Waals surface area contributed by atoms with Gasteiger partial charge in [-0.15, -0.1) is 11.3 Å². The molecule has 1 aromatic heterocycles. The Bertz CT molecular complexity index is 699. The molecule has 0 spiro atoms. The number of thiophene rings is 1. The zero-order chi connectivity index (χ0) is 19.9. The molecule has 0 saturated carbocycles. The normalized spacial score (nSPS) is 10.2. The van der Waals surface area contributed by atoms with Crippen molar-refractivity contribution < 1.29 is 23.9 Å². The molecule has 1 heterocycles. The van der Waals surface area contributed by atoms with Crippen LogP contribution in [0.15, 0.2) is 0 Å². The smallest absolute Gasteiger partial charge is 0.341 e. The molecule has 0 aromatic carbocycles. The predicted molar refractivity (Wildman–Crippen MR) is 98.6 cm³/mol. The van der Waals surface area contributed by atoms with Gasteiger partial charge >= 0.3 is 5.97 Å². The Morgan fingerprint density at radius 3 is 2.27 bits per heavy atom. The summed E-state index contributed by atoms with van der Waals surface area (Å²) in [7, 11) is 4.70. The summed E-state index contributed by atoms with van der Waals surface area (Å²) in [6, 6.07) is 0. The molecule has 0 aliphatic rings. The molecule has 10 heteroatoms. The Morgan fingerprint density at radius 1 is 1.12 bits per heavy atom. The number of nitrogens with zero attached hydrogens (tertiary/aromatic N) is 1. The molecule has 26 heavy (non-hydrogen) atoms. The topological polar surface area (TPSA) is 117 Å². The van der Waals surface area contributed by atoms with Crippen LogP contribution >= 0.6 is 11.3 Å². The van der Waals surface area contributed by atoms with Crippen LogP contribution in [0.1, 0.15) is 32.5 Å². The van der Waals surface area contributed by atoms with Crippen LogP contribution in [0, 0.1) is 6.92 Å². The third kappa shape index (κ3) is 5.53. The number of nitrogens with one attached hydrogen (secondary N) is 3. The maximum atomic E-state index is 12.3. The van der Waals surface area contributed by atoms with Crippen LogP contribution < -0.4 is 16.0 Å². The van der Waals surface area contributed by atoms with Crippen molar-refractivity contribution in [3.63, 3.8) is 0 Å². The fourth-order valence-corrected chi connectivity index (χ4v) is 3.24. The van der Waals surface area contributed by atoms with Gasteiger partial charge in [-0.1, -0.05) is 0 Å². The summed E-state index contributed by atoms with van der Waals surface area (Å²) in [6.07, 6.45) is 0. The number of carbonyl (C=O) groups excluding carboxylic acids is 4. The minimum atomic E-state index is -0.604. The highest BCUT2D eigenvalue weighted by Gasteiger charge is 2.27. The molecule has 3 N–H and O–H groups in total. The Labute approximate surface area is 156 Å². The highest BCUT2D eigenvalue weighted by Crippen LogP contribution is 2.34. The third-order valence-corrected chi connectivity index (χ3v) is 4.52. The standard InChI is InChI=1S/C16H24N4O5S/c1-6-25-16(24)12-9(2)13(15(23)20(4)5)26-14(12)19-11(22)8-18-7-10(21)17-3/h18H,6-8H2,1-5H3,(H,17,21)(H,19,22). The molecule has 0 fully saturated rings.